The van der Waals surface area contributed by atoms with Crippen LogP contribution in [-0.2, 0) is 0 Å². The molecule has 0 amide bonds. The van der Waals surface area contributed by atoms with Crippen molar-refractivity contribution in [3.05, 3.63) is 41.4 Å². The van der Waals surface area contributed by atoms with E-state index in [1.54, 1.807) is 6.07 Å². The second-order valence-corrected chi connectivity index (χ2v) is 3.89. The number of nitrogens with zero attached hydrogens (tertiary/aromatic N) is 1. The van der Waals surface area contributed by atoms with Gasteiger partial charge in [0.15, 0.2) is 0 Å². The third kappa shape index (κ3) is 1.33. The van der Waals surface area contributed by atoms with E-state index in [1.807, 2.05) is 18.2 Å². The molecule has 1 aromatic rings. The van der Waals surface area contributed by atoms with Crippen LogP contribution in [0.4, 0.5) is 0 Å². The summed E-state index contributed by atoms with van der Waals surface area (Å²) in [6, 6.07) is 5.45. The first kappa shape index (κ1) is 9.00. The fourth-order valence-electron chi connectivity index (χ4n) is 1.61. The van der Waals surface area contributed by atoms with Crippen molar-refractivity contribution in [2.75, 3.05) is 6.54 Å². The average molecular weight is 187 g/mol. The van der Waals surface area contributed by atoms with E-state index in [0.717, 1.165) is 5.22 Å². The zero-order valence-corrected chi connectivity index (χ0v) is 8.20. The van der Waals surface area contributed by atoms with Crippen molar-refractivity contribution in [3.63, 3.8) is 0 Å². The van der Waals surface area contributed by atoms with Crippen molar-refractivity contribution in [1.29, 1.82) is 0 Å². The van der Waals surface area contributed by atoms with Crippen LogP contribution in [-0.4, -0.2) is 11.7 Å². The summed E-state index contributed by atoms with van der Waals surface area (Å²) in [5, 5.41) is 11.2. The molecule has 1 aliphatic heterocycles. The maximum absolute atomic E-state index is 9.56. The van der Waals surface area contributed by atoms with Gasteiger partial charge in [-0.15, -0.1) is 6.58 Å². The third-order valence-electron chi connectivity index (χ3n) is 2.58. The first-order valence-corrected chi connectivity index (χ1v) is 4.64. The minimum atomic E-state index is -0.0825. The summed E-state index contributed by atoms with van der Waals surface area (Å²) in [6.07, 6.45) is 3.99. The number of phenols is 1. The Morgan fingerprint density at radius 3 is 3.07 bits per heavy atom. The van der Waals surface area contributed by atoms with Gasteiger partial charge >= 0.3 is 0 Å². The summed E-state index contributed by atoms with van der Waals surface area (Å²) in [6.45, 7) is 6.53. The molecule has 1 aliphatic rings. The van der Waals surface area contributed by atoms with Crippen LogP contribution in [0, 0.1) is 5.41 Å². The molecule has 1 unspecified atom stereocenters. The molecular formula is C12H13NO. The molecule has 1 aromatic carbocycles. The largest absolute Gasteiger partial charge is 0.506 e. The third-order valence-corrected chi connectivity index (χ3v) is 2.58. The summed E-state index contributed by atoms with van der Waals surface area (Å²) < 4.78 is 0. The monoisotopic (exact) mass is 187 g/mol. The lowest BCUT2D eigenvalue weighted by molar-refractivity contribution is 0.462. The zero-order valence-electron chi connectivity index (χ0n) is 8.20. The Morgan fingerprint density at radius 2 is 2.36 bits per heavy atom. The number of hydrogen-bond acceptors (Lipinski definition) is 2. The molecule has 0 fully saturated rings. The lowest BCUT2D eigenvalue weighted by Crippen LogP contribution is -2.34. The van der Waals surface area contributed by atoms with E-state index in [4.69, 9.17) is 0 Å². The van der Waals surface area contributed by atoms with Crippen molar-refractivity contribution < 1.29 is 5.11 Å². The second kappa shape index (κ2) is 2.98. The predicted molar refractivity (Wildman–Crippen MR) is 56.5 cm³/mol. The predicted octanol–water partition coefficient (Wildman–Crippen LogP) is 0.998. The smallest absolute Gasteiger partial charge is 0.141 e. The molecule has 72 valence electrons. The zero-order chi connectivity index (χ0) is 10.2. The lowest BCUT2D eigenvalue weighted by atomic mass is 9.88. The maximum Gasteiger partial charge on any atom is 0.141 e. The van der Waals surface area contributed by atoms with Crippen LogP contribution in [0.2, 0.25) is 0 Å². The van der Waals surface area contributed by atoms with Crippen molar-refractivity contribution >= 4 is 6.08 Å². The standard InChI is InChI=1S/C12H13NO/c1-3-12(2)7-9-5-4-6-10(14)11(9)13-8-12/h3-7,14H,1,8H2,2H3. The highest BCUT2D eigenvalue weighted by Crippen LogP contribution is 2.21. The van der Waals surface area contributed by atoms with Gasteiger partial charge in [-0.05, 0) is 6.07 Å². The van der Waals surface area contributed by atoms with E-state index in [2.05, 4.69) is 24.6 Å². The molecule has 2 rings (SSSR count). The summed E-state index contributed by atoms with van der Waals surface area (Å²) in [5.41, 5.74) is -0.0825. The van der Waals surface area contributed by atoms with Gasteiger partial charge in [-0.2, -0.15) is 0 Å². The van der Waals surface area contributed by atoms with Crippen molar-refractivity contribution in [1.82, 2.24) is 0 Å². The topological polar surface area (TPSA) is 32.6 Å². The van der Waals surface area contributed by atoms with E-state index < -0.39 is 0 Å². The molecule has 0 bridgehead atoms. The highest BCUT2D eigenvalue weighted by molar-refractivity contribution is 5.40. The van der Waals surface area contributed by atoms with Crippen LogP contribution in [0.3, 0.4) is 0 Å². The van der Waals surface area contributed by atoms with Gasteiger partial charge in [-0.1, -0.05) is 31.2 Å². The Kier molecular flexibility index (Phi) is 1.92. The first-order chi connectivity index (χ1) is 6.64. The van der Waals surface area contributed by atoms with Gasteiger partial charge in [0, 0.05) is 10.6 Å². The Bertz CT molecular complexity index is 490. The summed E-state index contributed by atoms with van der Waals surface area (Å²) in [4.78, 5) is 4.36. The van der Waals surface area contributed by atoms with Gasteiger partial charge < -0.3 is 5.11 Å². The lowest BCUT2D eigenvalue weighted by Gasteiger charge is -2.21. The summed E-state index contributed by atoms with van der Waals surface area (Å²) in [5.74, 6) is 0.255. The van der Waals surface area contributed by atoms with Crippen molar-refractivity contribution in [2.24, 2.45) is 10.4 Å². The Morgan fingerprint density at radius 1 is 1.57 bits per heavy atom. The molecule has 0 aromatic heterocycles. The van der Waals surface area contributed by atoms with E-state index in [-0.39, 0.29) is 11.2 Å². The maximum atomic E-state index is 9.56. The summed E-state index contributed by atoms with van der Waals surface area (Å²) >= 11 is 0. The molecule has 2 nitrogen and oxygen atoms in total. The number of fused-ring (bicyclic) bond motifs is 1. The number of aromatic hydroxyl groups is 1. The molecule has 0 radical (unpaired) electrons. The van der Waals surface area contributed by atoms with E-state index in [0.29, 0.717) is 11.9 Å². The minimum Gasteiger partial charge on any atom is -0.506 e. The normalized spacial score (nSPS) is 24.4. The highest BCUT2D eigenvalue weighted by Gasteiger charge is 2.19. The molecule has 0 saturated heterocycles. The van der Waals surface area contributed by atoms with Crippen molar-refractivity contribution in [2.45, 2.75) is 6.92 Å². The summed E-state index contributed by atoms with van der Waals surface area (Å²) in [7, 11) is 0. The highest BCUT2D eigenvalue weighted by atomic mass is 16.3. The van der Waals surface area contributed by atoms with Gasteiger partial charge in [0.1, 0.15) is 11.1 Å². The fraction of sp³-hybridized carbons (Fsp3) is 0.250. The second-order valence-electron chi connectivity index (χ2n) is 3.89. The Balaban J connectivity index is 2.73. The van der Waals surface area contributed by atoms with E-state index in [1.165, 1.54) is 0 Å². The number of rotatable bonds is 1. The number of para-hydroxylation sites is 1. The number of hydrogen-bond donors (Lipinski definition) is 1. The van der Waals surface area contributed by atoms with Crippen LogP contribution in [0.25, 0.3) is 6.08 Å². The molecule has 0 spiro atoms. The number of benzene rings is 1. The molecule has 2 heteroatoms. The van der Waals surface area contributed by atoms with Crippen LogP contribution < -0.4 is 10.6 Å². The molecule has 0 saturated carbocycles. The molecule has 14 heavy (non-hydrogen) atoms. The molecule has 1 N–H and O–H groups in total. The molecular weight excluding hydrogens is 174 g/mol. The average Bonchev–Trinajstić information content (AvgIpc) is 2.18. The van der Waals surface area contributed by atoms with Crippen LogP contribution >= 0.6 is 0 Å². The molecule has 1 heterocycles. The Hall–Kier alpha value is -1.57. The fourth-order valence-corrected chi connectivity index (χ4v) is 1.61. The van der Waals surface area contributed by atoms with Gasteiger partial charge in [0.05, 0.1) is 6.54 Å². The molecule has 1 atom stereocenters. The quantitative estimate of drug-likeness (QED) is 0.654. The van der Waals surface area contributed by atoms with Crippen LogP contribution in [0.1, 0.15) is 6.92 Å². The van der Waals surface area contributed by atoms with Gasteiger partial charge in [-0.25, -0.2) is 0 Å². The van der Waals surface area contributed by atoms with E-state index in [9.17, 15) is 5.11 Å². The van der Waals surface area contributed by atoms with Crippen molar-refractivity contribution in [3.8, 4) is 5.75 Å². The van der Waals surface area contributed by atoms with E-state index >= 15 is 0 Å². The van der Waals surface area contributed by atoms with Gasteiger partial charge in [-0.3, -0.25) is 4.99 Å². The minimum absolute atomic E-state index is 0.0825. The Labute approximate surface area is 82.9 Å². The van der Waals surface area contributed by atoms with Crippen LogP contribution in [0.15, 0.2) is 35.8 Å². The first-order valence-electron chi connectivity index (χ1n) is 4.64. The van der Waals surface area contributed by atoms with Gasteiger partial charge in [0.2, 0.25) is 0 Å². The SMILES string of the molecule is C=CC1(C)C=c2cccc(O)c2=NC1. The number of phenolic OH excluding ortho intramolecular Hbond substituents is 1. The van der Waals surface area contributed by atoms with Crippen LogP contribution in [0.5, 0.6) is 5.75 Å². The van der Waals surface area contributed by atoms with Gasteiger partial charge in [0.25, 0.3) is 0 Å². The molecule has 0 aliphatic carbocycles.